The zero-order valence-corrected chi connectivity index (χ0v) is 15.7. The van der Waals surface area contributed by atoms with Gasteiger partial charge in [0.2, 0.25) is 10.0 Å². The summed E-state index contributed by atoms with van der Waals surface area (Å²) in [5, 5.41) is 1.99. The number of carbonyl (C=O) groups excluding carboxylic acids is 2. The van der Waals surface area contributed by atoms with E-state index < -0.39 is 50.8 Å². The minimum atomic E-state index is -3.83. The van der Waals surface area contributed by atoms with Crippen LogP contribution in [0, 0.1) is 11.6 Å². The van der Waals surface area contributed by atoms with Crippen LogP contribution in [0.25, 0.3) is 0 Å². The molecule has 1 unspecified atom stereocenters. The molecule has 10 heteroatoms. The molecule has 0 spiro atoms. The molecule has 0 heterocycles. The van der Waals surface area contributed by atoms with Gasteiger partial charge in [-0.25, -0.2) is 17.2 Å². The molecule has 0 aliphatic rings. The fourth-order valence-corrected chi connectivity index (χ4v) is 3.22. The van der Waals surface area contributed by atoms with Gasteiger partial charge in [0.1, 0.15) is 11.5 Å². The fourth-order valence-electron chi connectivity index (χ4n) is 2.09. The van der Waals surface area contributed by atoms with Gasteiger partial charge in [-0.15, -0.1) is 0 Å². The van der Waals surface area contributed by atoms with Crippen LogP contribution >= 0.6 is 0 Å². The Bertz CT molecular complexity index is 882. The molecule has 0 aromatic heterocycles. The molecule has 0 aliphatic heterocycles. The Morgan fingerprint density at radius 3 is 2.48 bits per heavy atom. The second-order valence-electron chi connectivity index (χ2n) is 5.61. The van der Waals surface area contributed by atoms with Crippen molar-refractivity contribution in [2.75, 3.05) is 15.8 Å². The van der Waals surface area contributed by atoms with E-state index in [0.717, 1.165) is 25.1 Å². The molecule has 0 aliphatic carbocycles. The highest BCUT2D eigenvalue weighted by Crippen LogP contribution is 2.27. The third-order valence-corrected chi connectivity index (χ3v) is 4.88. The molecule has 27 heavy (non-hydrogen) atoms. The molecule has 0 radical (unpaired) electrons. The number of nitrogens with two attached hydrogens (primary N) is 1. The number of halogens is 2. The molecule has 0 saturated carbocycles. The van der Waals surface area contributed by atoms with Crippen LogP contribution in [0.3, 0.4) is 0 Å². The van der Waals surface area contributed by atoms with Gasteiger partial charge in [-0.1, -0.05) is 25.7 Å². The topological polar surface area (TPSA) is 118 Å². The number of carbonyl (C=O) groups is 2. The van der Waals surface area contributed by atoms with E-state index in [-0.39, 0.29) is 11.3 Å². The van der Waals surface area contributed by atoms with Crippen molar-refractivity contribution in [3.05, 3.63) is 48.1 Å². The molecule has 7 nitrogen and oxygen atoms in total. The molecule has 148 valence electrons. The number of Topliss-reactive ketones (excluding diaryl/α,β-unsaturated/α-hetero) is 1. The second kappa shape index (κ2) is 9.38. The molecular formula is C17H21F2N3O4S. The number of anilines is 2. The quantitative estimate of drug-likeness (QED) is 0.432. The molecule has 0 saturated heterocycles. The van der Waals surface area contributed by atoms with Gasteiger partial charge in [-0.2, -0.15) is 0 Å². The van der Waals surface area contributed by atoms with Gasteiger partial charge < -0.3 is 11.1 Å². The van der Waals surface area contributed by atoms with Crippen molar-refractivity contribution in [3.63, 3.8) is 0 Å². The summed E-state index contributed by atoms with van der Waals surface area (Å²) in [6, 6.07) is 0.375. The van der Waals surface area contributed by atoms with Crippen molar-refractivity contribution in [1.29, 1.82) is 0 Å². The minimum Gasteiger partial charge on any atom is -0.318 e. The van der Waals surface area contributed by atoms with Crippen LogP contribution in [0.15, 0.2) is 36.4 Å². The van der Waals surface area contributed by atoms with E-state index in [4.69, 9.17) is 5.73 Å². The van der Waals surface area contributed by atoms with Gasteiger partial charge in [-0.05, 0) is 25.5 Å². The van der Waals surface area contributed by atoms with Gasteiger partial charge in [0, 0.05) is 5.57 Å². The van der Waals surface area contributed by atoms with Crippen molar-refractivity contribution in [2.45, 2.75) is 26.3 Å². The average molecular weight is 401 g/mol. The summed E-state index contributed by atoms with van der Waals surface area (Å²) >= 11 is 0. The first-order valence-corrected chi connectivity index (χ1v) is 9.57. The van der Waals surface area contributed by atoms with Gasteiger partial charge in [0.15, 0.2) is 11.6 Å². The lowest BCUT2D eigenvalue weighted by Crippen LogP contribution is -2.36. The van der Waals surface area contributed by atoms with Gasteiger partial charge >= 0.3 is 0 Å². The summed E-state index contributed by atoms with van der Waals surface area (Å²) in [4.78, 5) is 23.7. The van der Waals surface area contributed by atoms with Crippen molar-refractivity contribution >= 4 is 33.1 Å². The highest BCUT2D eigenvalue weighted by molar-refractivity contribution is 7.92. The number of sulfonamides is 1. The summed E-state index contributed by atoms with van der Waals surface area (Å²) in [7, 11) is -3.83. The summed E-state index contributed by atoms with van der Waals surface area (Å²) in [6.45, 7) is 6.17. The molecule has 1 aromatic carbocycles. The van der Waals surface area contributed by atoms with Gasteiger partial charge in [0.25, 0.3) is 5.91 Å². The van der Waals surface area contributed by atoms with Crippen molar-refractivity contribution in [2.24, 2.45) is 5.73 Å². The van der Waals surface area contributed by atoms with E-state index in [1.165, 1.54) is 6.08 Å². The first-order chi connectivity index (χ1) is 12.5. The monoisotopic (exact) mass is 401 g/mol. The molecule has 1 rings (SSSR count). The Morgan fingerprint density at radius 1 is 1.33 bits per heavy atom. The maximum atomic E-state index is 14.6. The van der Waals surface area contributed by atoms with Crippen LogP contribution in [0.4, 0.5) is 20.2 Å². The number of hydrogen-bond acceptors (Lipinski definition) is 5. The summed E-state index contributed by atoms with van der Waals surface area (Å²) in [5.41, 5.74) is 3.97. The lowest BCUT2D eigenvalue weighted by atomic mass is 10.0. The van der Waals surface area contributed by atoms with E-state index in [1.807, 2.05) is 10.0 Å². The first kappa shape index (κ1) is 22.5. The molecule has 0 fully saturated rings. The van der Waals surface area contributed by atoms with Crippen LogP contribution in [0.1, 0.15) is 20.3 Å². The Labute approximate surface area is 156 Å². The Morgan fingerprint density at radius 2 is 1.96 bits per heavy atom. The predicted molar refractivity (Wildman–Crippen MR) is 99.6 cm³/mol. The number of hydrogen-bond donors (Lipinski definition) is 3. The molecule has 1 atom stereocenters. The van der Waals surface area contributed by atoms with E-state index in [2.05, 4.69) is 6.58 Å². The predicted octanol–water partition coefficient (Wildman–Crippen LogP) is 2.08. The summed E-state index contributed by atoms with van der Waals surface area (Å²) < 4.78 is 54.1. The van der Waals surface area contributed by atoms with Gasteiger partial charge in [-0.3, -0.25) is 14.3 Å². The van der Waals surface area contributed by atoms with Crippen molar-refractivity contribution in [1.82, 2.24) is 0 Å². The Hall–Kier alpha value is -2.59. The van der Waals surface area contributed by atoms with E-state index in [1.54, 1.807) is 6.92 Å². The third-order valence-electron chi connectivity index (χ3n) is 3.40. The highest BCUT2D eigenvalue weighted by Gasteiger charge is 2.24. The van der Waals surface area contributed by atoms with Crippen molar-refractivity contribution in [3.8, 4) is 0 Å². The number of rotatable bonds is 9. The Balaban J connectivity index is 3.25. The zero-order chi connectivity index (χ0) is 20.8. The number of amides is 1. The fraction of sp³-hybridized carbons (Fsp3) is 0.294. The molecule has 1 aromatic rings. The number of allylic oxidation sites excluding steroid dienone is 2. The number of benzene rings is 1. The van der Waals surface area contributed by atoms with Crippen molar-refractivity contribution < 1.29 is 26.8 Å². The maximum absolute atomic E-state index is 14.6. The van der Waals surface area contributed by atoms with Gasteiger partial charge in [0.05, 0.1) is 17.5 Å². The van der Waals surface area contributed by atoms with Crippen LogP contribution in [0.5, 0.6) is 0 Å². The molecule has 1 amide bonds. The SMILES string of the molecule is C=C/C=C(/C(=O)Nc1c(F)ccc(NS(=O)(=O)CCC)c1F)C(N)C(C)=O. The number of ketones is 1. The lowest BCUT2D eigenvalue weighted by molar-refractivity contribution is -0.119. The second-order valence-corrected chi connectivity index (χ2v) is 7.45. The van der Waals surface area contributed by atoms with Crippen LogP contribution < -0.4 is 15.8 Å². The largest absolute Gasteiger partial charge is 0.318 e. The standard InChI is InChI=1S/C17H21F2N3O4S/c1-4-6-11(15(20)10(3)23)17(24)21-16-12(18)7-8-13(14(16)19)22-27(25,26)9-5-2/h4,6-8,15,22H,1,5,9,20H2,2-3H3,(H,21,24)/b11-6+. The Kier molecular flexibility index (Phi) is 7.80. The minimum absolute atomic E-state index is 0.256. The third kappa shape index (κ3) is 5.97. The van der Waals surface area contributed by atoms with Crippen LogP contribution in [-0.2, 0) is 19.6 Å². The molecule has 4 N–H and O–H groups in total. The normalized spacial score (nSPS) is 13.0. The summed E-state index contributed by atoms with van der Waals surface area (Å²) in [5.74, 6) is -4.26. The van der Waals surface area contributed by atoms with Crippen LogP contribution in [0.2, 0.25) is 0 Å². The lowest BCUT2D eigenvalue weighted by Gasteiger charge is -2.16. The van der Waals surface area contributed by atoms with E-state index in [0.29, 0.717) is 6.42 Å². The number of nitrogens with one attached hydrogen (secondary N) is 2. The molecular weight excluding hydrogens is 380 g/mol. The highest BCUT2D eigenvalue weighted by atomic mass is 32.2. The van der Waals surface area contributed by atoms with E-state index >= 15 is 0 Å². The van der Waals surface area contributed by atoms with Crippen LogP contribution in [-0.4, -0.2) is 31.9 Å². The summed E-state index contributed by atoms with van der Waals surface area (Å²) in [6.07, 6.45) is 2.63. The van der Waals surface area contributed by atoms with E-state index in [9.17, 15) is 26.8 Å². The average Bonchev–Trinajstić information content (AvgIpc) is 2.58. The maximum Gasteiger partial charge on any atom is 0.253 e. The first-order valence-electron chi connectivity index (χ1n) is 7.92. The molecule has 0 bridgehead atoms. The zero-order valence-electron chi connectivity index (χ0n) is 14.9. The smallest absolute Gasteiger partial charge is 0.253 e.